The van der Waals surface area contributed by atoms with Crippen LogP contribution in [0.25, 0.3) is 0 Å². The second-order valence-electron chi connectivity index (χ2n) is 10.3. The predicted molar refractivity (Wildman–Crippen MR) is 168 cm³/mol. The summed E-state index contributed by atoms with van der Waals surface area (Å²) in [6.45, 7) is 4.16. The molecule has 8 nitrogen and oxygen atoms in total. The Bertz CT molecular complexity index is 1430. The lowest BCUT2D eigenvalue weighted by molar-refractivity contribution is -0.141. The quantitative estimate of drug-likeness (QED) is 0.246. The zero-order valence-corrected chi connectivity index (χ0v) is 26.2. The van der Waals surface area contributed by atoms with Crippen molar-refractivity contribution in [3.8, 4) is 5.75 Å². The minimum atomic E-state index is -3.66. The third-order valence-electron chi connectivity index (χ3n) is 7.02. The third kappa shape index (κ3) is 9.49. The van der Waals surface area contributed by atoms with Crippen molar-refractivity contribution in [2.45, 2.75) is 58.2 Å². The summed E-state index contributed by atoms with van der Waals surface area (Å²) in [5.74, 6) is -0.0828. The molecule has 3 aromatic rings. The van der Waals surface area contributed by atoms with Gasteiger partial charge in [-0.3, -0.25) is 13.9 Å². The number of hydrogen-bond donors (Lipinski definition) is 1. The molecule has 0 heterocycles. The molecule has 0 saturated carbocycles. The fraction of sp³-hybridized carbons (Fsp3) is 0.375. The van der Waals surface area contributed by atoms with Crippen LogP contribution in [0.15, 0.2) is 78.9 Å². The van der Waals surface area contributed by atoms with Gasteiger partial charge in [0.1, 0.15) is 11.8 Å². The second kappa shape index (κ2) is 15.6. The van der Waals surface area contributed by atoms with E-state index in [1.165, 1.54) is 11.4 Å². The van der Waals surface area contributed by atoms with E-state index in [4.69, 9.17) is 16.3 Å². The number of hydrogen-bond acceptors (Lipinski definition) is 5. The smallest absolute Gasteiger partial charge is 0.243 e. The number of methoxy groups -OCH3 is 1. The summed E-state index contributed by atoms with van der Waals surface area (Å²) in [5.41, 5.74) is 2.11. The number of carbonyl (C=O) groups is 2. The number of halogens is 1. The van der Waals surface area contributed by atoms with E-state index < -0.39 is 16.1 Å². The highest BCUT2D eigenvalue weighted by Gasteiger charge is 2.31. The maximum atomic E-state index is 13.9. The molecule has 0 radical (unpaired) electrons. The summed E-state index contributed by atoms with van der Waals surface area (Å²) in [5, 5.41) is 3.58. The first-order valence-electron chi connectivity index (χ1n) is 14.0. The second-order valence-corrected chi connectivity index (χ2v) is 12.6. The van der Waals surface area contributed by atoms with Crippen LogP contribution in [0.4, 0.5) is 5.69 Å². The van der Waals surface area contributed by atoms with Gasteiger partial charge < -0.3 is 15.0 Å². The van der Waals surface area contributed by atoms with Crippen molar-refractivity contribution in [1.82, 2.24) is 10.2 Å². The van der Waals surface area contributed by atoms with Crippen LogP contribution in [0.1, 0.15) is 44.2 Å². The van der Waals surface area contributed by atoms with Gasteiger partial charge in [-0.25, -0.2) is 8.42 Å². The average molecular weight is 614 g/mol. The summed E-state index contributed by atoms with van der Waals surface area (Å²) in [4.78, 5) is 29.2. The predicted octanol–water partition coefficient (Wildman–Crippen LogP) is 5.45. The van der Waals surface area contributed by atoms with Gasteiger partial charge in [0.2, 0.25) is 21.8 Å². The van der Waals surface area contributed by atoms with Gasteiger partial charge in [-0.05, 0) is 55.2 Å². The number of benzene rings is 3. The number of ether oxygens (including phenoxy) is 1. The van der Waals surface area contributed by atoms with Crippen LogP contribution in [-0.2, 0) is 32.6 Å². The van der Waals surface area contributed by atoms with Gasteiger partial charge in [0.15, 0.2) is 0 Å². The number of amides is 2. The fourth-order valence-corrected chi connectivity index (χ4v) is 5.83. The Morgan fingerprint density at radius 3 is 2.29 bits per heavy atom. The molecule has 2 amide bonds. The monoisotopic (exact) mass is 613 g/mol. The van der Waals surface area contributed by atoms with Crippen LogP contribution in [0.2, 0.25) is 5.02 Å². The van der Waals surface area contributed by atoms with E-state index in [-0.39, 0.29) is 43.8 Å². The van der Waals surface area contributed by atoms with Gasteiger partial charge in [-0.15, -0.1) is 0 Å². The van der Waals surface area contributed by atoms with Crippen molar-refractivity contribution < 1.29 is 22.7 Å². The van der Waals surface area contributed by atoms with E-state index in [9.17, 15) is 18.0 Å². The molecule has 0 aliphatic heterocycles. The first kappa shape index (κ1) is 32.9. The molecule has 42 heavy (non-hydrogen) atoms. The van der Waals surface area contributed by atoms with Crippen molar-refractivity contribution in [2.24, 2.45) is 0 Å². The van der Waals surface area contributed by atoms with Gasteiger partial charge in [0.25, 0.3) is 0 Å². The van der Waals surface area contributed by atoms with Crippen LogP contribution >= 0.6 is 11.6 Å². The first-order valence-corrected chi connectivity index (χ1v) is 16.2. The number of nitrogens with zero attached hydrogens (tertiary/aromatic N) is 2. The molecular formula is C32H40ClN3O5S. The minimum Gasteiger partial charge on any atom is -0.495 e. The number of sulfonamides is 1. The summed E-state index contributed by atoms with van der Waals surface area (Å²) >= 11 is 6.26. The maximum Gasteiger partial charge on any atom is 0.243 e. The van der Waals surface area contributed by atoms with E-state index in [1.54, 1.807) is 41.3 Å². The maximum absolute atomic E-state index is 13.9. The molecule has 0 aliphatic carbocycles. The van der Waals surface area contributed by atoms with E-state index in [2.05, 4.69) is 5.32 Å². The molecule has 0 spiro atoms. The molecule has 0 aromatic heterocycles. The van der Waals surface area contributed by atoms with Gasteiger partial charge in [0.05, 0.1) is 19.1 Å². The van der Waals surface area contributed by atoms with Crippen LogP contribution in [0, 0.1) is 0 Å². The van der Waals surface area contributed by atoms with E-state index >= 15 is 0 Å². The first-order chi connectivity index (χ1) is 20.0. The SMILES string of the molecule is CCC(C)NC(=O)C(Cc1ccccc1)N(Cc1cccc(Cl)c1)C(=O)CCCN(c1ccccc1OC)S(C)(=O)=O. The van der Waals surface area contributed by atoms with Crippen LogP contribution in [0.5, 0.6) is 5.75 Å². The summed E-state index contributed by atoms with van der Waals surface area (Å²) in [6, 6.07) is 22.8. The lowest BCUT2D eigenvalue weighted by Gasteiger charge is -2.33. The Kier molecular flexibility index (Phi) is 12.2. The summed E-state index contributed by atoms with van der Waals surface area (Å²) < 4.78 is 32.1. The standard InChI is InChI=1S/C32H40ClN3O5S/c1-5-24(2)34-32(38)29(22-25-13-7-6-8-14-25)35(23-26-15-11-16-27(33)21-26)31(37)19-12-20-36(42(4,39)40)28-17-9-10-18-30(28)41-3/h6-11,13-18,21,24,29H,5,12,19-20,22-23H2,1-4H3,(H,34,38). The highest BCUT2D eigenvalue weighted by Crippen LogP contribution is 2.30. The normalized spacial score (nSPS) is 12.7. The molecule has 10 heteroatoms. The molecule has 3 aromatic carbocycles. The molecular weight excluding hydrogens is 574 g/mol. The largest absolute Gasteiger partial charge is 0.495 e. The van der Waals surface area contributed by atoms with Crippen molar-refractivity contribution in [3.63, 3.8) is 0 Å². The highest BCUT2D eigenvalue weighted by molar-refractivity contribution is 7.92. The molecule has 0 saturated heterocycles. The Morgan fingerprint density at radius 1 is 0.976 bits per heavy atom. The van der Waals surface area contributed by atoms with Gasteiger partial charge in [0, 0.05) is 37.0 Å². The fourth-order valence-electron chi connectivity index (χ4n) is 4.65. The Morgan fingerprint density at radius 2 is 1.64 bits per heavy atom. The molecule has 3 rings (SSSR count). The summed E-state index contributed by atoms with van der Waals surface area (Å²) in [6.07, 6.45) is 2.47. The van der Waals surface area contributed by atoms with Crippen molar-refractivity contribution >= 4 is 39.1 Å². The van der Waals surface area contributed by atoms with Gasteiger partial charge >= 0.3 is 0 Å². The van der Waals surface area contributed by atoms with E-state index in [0.29, 0.717) is 22.9 Å². The number of carbonyl (C=O) groups excluding carboxylic acids is 2. The average Bonchev–Trinajstić information content (AvgIpc) is 2.96. The van der Waals surface area contributed by atoms with Crippen LogP contribution in [0.3, 0.4) is 0 Å². The number of anilines is 1. The van der Waals surface area contributed by atoms with E-state index in [1.807, 2.05) is 56.3 Å². The van der Waals surface area contributed by atoms with Gasteiger partial charge in [-0.1, -0.05) is 73.1 Å². The minimum absolute atomic E-state index is 0.0314. The van der Waals surface area contributed by atoms with Crippen molar-refractivity contribution in [3.05, 3.63) is 95.0 Å². The van der Waals surface area contributed by atoms with Gasteiger partial charge in [-0.2, -0.15) is 0 Å². The Balaban J connectivity index is 1.91. The van der Waals surface area contributed by atoms with Crippen LogP contribution < -0.4 is 14.4 Å². The third-order valence-corrected chi connectivity index (χ3v) is 8.44. The van der Waals surface area contributed by atoms with E-state index in [0.717, 1.165) is 23.8 Å². The molecule has 0 bridgehead atoms. The molecule has 2 atom stereocenters. The molecule has 0 fully saturated rings. The van der Waals surface area contributed by atoms with Crippen LogP contribution in [-0.4, -0.2) is 57.1 Å². The molecule has 1 N–H and O–H groups in total. The van der Waals surface area contributed by atoms with Crippen molar-refractivity contribution in [1.29, 1.82) is 0 Å². The highest BCUT2D eigenvalue weighted by atomic mass is 35.5. The lowest BCUT2D eigenvalue weighted by Crippen LogP contribution is -2.52. The molecule has 2 unspecified atom stereocenters. The number of rotatable bonds is 15. The van der Waals surface area contributed by atoms with Crippen molar-refractivity contribution in [2.75, 3.05) is 24.2 Å². The Hall–Kier alpha value is -3.56. The lowest BCUT2D eigenvalue weighted by atomic mass is 10.0. The zero-order valence-electron chi connectivity index (χ0n) is 24.6. The number of nitrogens with one attached hydrogen (secondary N) is 1. The Labute approximate surface area is 254 Å². The molecule has 0 aliphatic rings. The summed E-state index contributed by atoms with van der Waals surface area (Å²) in [7, 11) is -2.18. The molecule has 226 valence electrons. The number of para-hydroxylation sites is 2. The topological polar surface area (TPSA) is 96.0 Å². The zero-order chi connectivity index (χ0) is 30.7.